The fourth-order valence-electron chi connectivity index (χ4n) is 4.94. The Hall–Kier alpha value is -1.75. The Morgan fingerprint density at radius 2 is 2.23 bits per heavy atom. The Kier molecular flexibility index (Phi) is 2.92. The number of imide groups is 1. The third-order valence-electron chi connectivity index (χ3n) is 6.06. The molecule has 22 heavy (non-hydrogen) atoms. The van der Waals surface area contributed by atoms with E-state index in [2.05, 4.69) is 4.98 Å². The van der Waals surface area contributed by atoms with E-state index in [1.807, 2.05) is 6.92 Å². The van der Waals surface area contributed by atoms with Gasteiger partial charge >= 0.3 is 0 Å². The number of aromatic nitrogens is 1. The quantitative estimate of drug-likeness (QED) is 0.860. The minimum Gasteiger partial charge on any atom is -0.385 e. The van der Waals surface area contributed by atoms with Gasteiger partial charge in [0.25, 0.3) is 0 Å². The number of hydrogen-bond donors (Lipinski definition) is 1. The summed E-state index contributed by atoms with van der Waals surface area (Å²) in [7, 11) is 0. The lowest BCUT2D eigenvalue weighted by Crippen LogP contribution is -2.39. The summed E-state index contributed by atoms with van der Waals surface area (Å²) in [4.78, 5) is 31.0. The van der Waals surface area contributed by atoms with Crippen molar-refractivity contribution >= 4 is 11.8 Å². The van der Waals surface area contributed by atoms with Crippen LogP contribution in [-0.4, -0.2) is 33.3 Å². The van der Waals surface area contributed by atoms with Gasteiger partial charge in [-0.25, -0.2) is 0 Å². The van der Waals surface area contributed by atoms with E-state index in [0.717, 1.165) is 19.3 Å². The van der Waals surface area contributed by atoms with Crippen LogP contribution in [-0.2, 0) is 9.59 Å². The zero-order valence-electron chi connectivity index (χ0n) is 12.6. The van der Waals surface area contributed by atoms with Crippen LogP contribution in [0.15, 0.2) is 24.4 Å². The van der Waals surface area contributed by atoms with Gasteiger partial charge in [-0.3, -0.25) is 19.5 Å². The molecule has 2 amide bonds. The van der Waals surface area contributed by atoms with E-state index in [4.69, 9.17) is 0 Å². The van der Waals surface area contributed by atoms with E-state index in [1.54, 1.807) is 24.4 Å². The first-order valence-electron chi connectivity index (χ1n) is 7.98. The van der Waals surface area contributed by atoms with Gasteiger partial charge in [-0.15, -0.1) is 0 Å². The number of aliphatic hydroxyl groups excluding tert-OH is 1. The van der Waals surface area contributed by atoms with Crippen LogP contribution in [0.1, 0.15) is 38.0 Å². The molecule has 5 nitrogen and oxygen atoms in total. The molecule has 5 atom stereocenters. The summed E-state index contributed by atoms with van der Waals surface area (Å²) in [5, 5.41) is 10.3. The Morgan fingerprint density at radius 3 is 2.91 bits per heavy atom. The van der Waals surface area contributed by atoms with E-state index in [0.29, 0.717) is 17.5 Å². The van der Waals surface area contributed by atoms with E-state index >= 15 is 0 Å². The smallest absolute Gasteiger partial charge is 0.236 e. The number of β-amino-alcohol motifs (C(OH)–C–C–N with tert-alkyl or cyclic N) is 1. The van der Waals surface area contributed by atoms with Crippen molar-refractivity contribution in [3.05, 3.63) is 30.1 Å². The molecule has 1 N–H and O–H groups in total. The van der Waals surface area contributed by atoms with Gasteiger partial charge in [0.1, 0.15) is 6.10 Å². The van der Waals surface area contributed by atoms with Gasteiger partial charge in [-0.1, -0.05) is 6.07 Å². The van der Waals surface area contributed by atoms with Gasteiger partial charge < -0.3 is 5.11 Å². The summed E-state index contributed by atoms with van der Waals surface area (Å²) in [5.74, 6) is 0.327. The first-order chi connectivity index (χ1) is 10.5. The molecular weight excluding hydrogens is 280 g/mol. The third-order valence-corrected chi connectivity index (χ3v) is 6.06. The van der Waals surface area contributed by atoms with Gasteiger partial charge in [0.15, 0.2) is 0 Å². The molecule has 2 aliphatic carbocycles. The zero-order chi connectivity index (χ0) is 15.5. The number of aliphatic hydroxyl groups is 1. The van der Waals surface area contributed by atoms with Crippen LogP contribution in [0.2, 0.25) is 0 Å². The Bertz CT molecular complexity index is 632. The lowest BCUT2D eigenvalue weighted by molar-refractivity contribution is -0.144. The number of carbonyl (C=O) groups is 2. The number of pyridine rings is 1. The van der Waals surface area contributed by atoms with Crippen molar-refractivity contribution in [2.24, 2.45) is 23.2 Å². The monoisotopic (exact) mass is 300 g/mol. The first kappa shape index (κ1) is 13.9. The van der Waals surface area contributed by atoms with Gasteiger partial charge in [0.05, 0.1) is 23.6 Å². The fraction of sp³-hybridized carbons (Fsp3) is 0.588. The van der Waals surface area contributed by atoms with Gasteiger partial charge in [-0.05, 0) is 50.2 Å². The normalized spacial score (nSPS) is 37.7. The second-order valence-corrected chi connectivity index (χ2v) is 7.05. The maximum atomic E-state index is 12.8. The summed E-state index contributed by atoms with van der Waals surface area (Å²) in [5.41, 5.74) is -0.0441. The highest BCUT2D eigenvalue weighted by molar-refractivity contribution is 6.08. The number of carbonyl (C=O) groups excluding carboxylic acids is 2. The van der Waals surface area contributed by atoms with Gasteiger partial charge in [-0.2, -0.15) is 0 Å². The molecule has 0 spiro atoms. The highest BCUT2D eigenvalue weighted by Crippen LogP contribution is 2.63. The lowest BCUT2D eigenvalue weighted by Gasteiger charge is -2.31. The summed E-state index contributed by atoms with van der Waals surface area (Å²) in [6.45, 7) is 1.97. The second kappa shape index (κ2) is 4.62. The van der Waals surface area contributed by atoms with Crippen LogP contribution in [0.4, 0.5) is 0 Å². The molecule has 3 fully saturated rings. The molecule has 5 heteroatoms. The van der Waals surface area contributed by atoms with Crippen LogP contribution < -0.4 is 0 Å². The molecule has 2 saturated carbocycles. The Morgan fingerprint density at radius 1 is 1.41 bits per heavy atom. The third kappa shape index (κ3) is 1.66. The summed E-state index contributed by atoms with van der Waals surface area (Å²) >= 11 is 0. The van der Waals surface area contributed by atoms with Crippen molar-refractivity contribution in [3.8, 4) is 0 Å². The molecular formula is C17H20N2O3. The molecule has 1 unspecified atom stereocenters. The van der Waals surface area contributed by atoms with E-state index in [1.165, 1.54) is 4.90 Å². The molecule has 4 rings (SSSR count). The molecule has 1 aromatic heterocycles. The van der Waals surface area contributed by atoms with Crippen molar-refractivity contribution in [2.75, 3.05) is 6.54 Å². The molecule has 0 radical (unpaired) electrons. The second-order valence-electron chi connectivity index (χ2n) is 7.05. The standard InChI is InChI=1S/C17H20N2O3/c1-17-11-6-5-10(8-11)14(17)15(21)19(16(17)22)9-13(20)12-4-2-3-7-18-12/h2-4,7,10-11,13-14,20H,5-6,8-9H2,1H3/t10-,11+,13?,14+,17+/m1/s1. The lowest BCUT2D eigenvalue weighted by atomic mass is 9.69. The van der Waals surface area contributed by atoms with E-state index in [9.17, 15) is 14.7 Å². The Labute approximate surface area is 129 Å². The number of hydrogen-bond acceptors (Lipinski definition) is 4. The summed E-state index contributed by atoms with van der Waals surface area (Å²) in [6.07, 6.45) is 3.79. The van der Waals surface area contributed by atoms with E-state index < -0.39 is 11.5 Å². The topological polar surface area (TPSA) is 70.5 Å². The predicted molar refractivity (Wildman–Crippen MR) is 78.3 cm³/mol. The molecule has 1 saturated heterocycles. The van der Waals surface area contributed by atoms with Crippen molar-refractivity contribution in [1.82, 2.24) is 9.88 Å². The average molecular weight is 300 g/mol. The fourth-order valence-corrected chi connectivity index (χ4v) is 4.94. The van der Waals surface area contributed by atoms with Crippen LogP contribution in [0.5, 0.6) is 0 Å². The largest absolute Gasteiger partial charge is 0.385 e. The number of amides is 2. The molecule has 2 heterocycles. The highest BCUT2D eigenvalue weighted by atomic mass is 16.3. The van der Waals surface area contributed by atoms with Gasteiger partial charge in [0, 0.05) is 6.20 Å². The SMILES string of the molecule is C[C@@]12C(=O)N(CC(O)c3ccccn3)C(=O)[C@@H]1[C@@H]1CC[C@H]2C1. The van der Waals surface area contributed by atoms with Crippen LogP contribution in [0.3, 0.4) is 0 Å². The van der Waals surface area contributed by atoms with E-state index in [-0.39, 0.29) is 24.3 Å². The number of fused-ring (bicyclic) bond motifs is 5. The number of nitrogens with zero attached hydrogens (tertiary/aromatic N) is 2. The minimum atomic E-state index is -0.922. The first-order valence-corrected chi connectivity index (χ1v) is 7.98. The predicted octanol–water partition coefficient (Wildman–Crippen LogP) is 1.54. The number of rotatable bonds is 3. The van der Waals surface area contributed by atoms with Crippen LogP contribution >= 0.6 is 0 Å². The maximum absolute atomic E-state index is 12.8. The zero-order valence-corrected chi connectivity index (χ0v) is 12.6. The minimum absolute atomic E-state index is 0.0141. The van der Waals surface area contributed by atoms with Crippen molar-refractivity contribution < 1.29 is 14.7 Å². The van der Waals surface area contributed by atoms with Crippen molar-refractivity contribution in [3.63, 3.8) is 0 Å². The van der Waals surface area contributed by atoms with Crippen LogP contribution in [0.25, 0.3) is 0 Å². The molecule has 1 aromatic rings. The Balaban J connectivity index is 1.59. The molecule has 3 aliphatic rings. The van der Waals surface area contributed by atoms with Crippen molar-refractivity contribution in [2.45, 2.75) is 32.3 Å². The molecule has 0 aromatic carbocycles. The maximum Gasteiger partial charge on any atom is 0.236 e. The van der Waals surface area contributed by atoms with Crippen LogP contribution in [0, 0.1) is 23.2 Å². The molecule has 1 aliphatic heterocycles. The summed E-state index contributed by atoms with van der Waals surface area (Å²) < 4.78 is 0. The molecule has 2 bridgehead atoms. The van der Waals surface area contributed by atoms with Crippen molar-refractivity contribution in [1.29, 1.82) is 0 Å². The average Bonchev–Trinajstić information content (AvgIpc) is 3.16. The van der Waals surface area contributed by atoms with Gasteiger partial charge in [0.2, 0.25) is 11.8 Å². The number of likely N-dealkylation sites (tertiary alicyclic amines) is 1. The highest BCUT2D eigenvalue weighted by Gasteiger charge is 2.68. The molecule has 116 valence electrons. The summed E-state index contributed by atoms with van der Waals surface area (Å²) in [6, 6.07) is 5.27.